The van der Waals surface area contributed by atoms with Gasteiger partial charge in [-0.2, -0.15) is 0 Å². The highest BCUT2D eigenvalue weighted by Gasteiger charge is 2.11. The molecule has 0 unspecified atom stereocenters. The number of rotatable bonds is 6. The summed E-state index contributed by atoms with van der Waals surface area (Å²) in [5.74, 6) is 0.367. The Morgan fingerprint density at radius 3 is 2.62 bits per heavy atom. The third-order valence-corrected chi connectivity index (χ3v) is 3.69. The van der Waals surface area contributed by atoms with Crippen LogP contribution in [-0.4, -0.2) is 20.7 Å². The minimum absolute atomic E-state index is 0.115. The number of hydrogen-bond acceptors (Lipinski definition) is 6. The molecule has 0 fully saturated rings. The first-order valence-electron chi connectivity index (χ1n) is 7.90. The molecule has 0 spiro atoms. The topological polar surface area (TPSA) is 98.2 Å². The van der Waals surface area contributed by atoms with E-state index in [2.05, 4.69) is 25.1 Å². The molecule has 0 aliphatic carbocycles. The standard InChI is InChI=1S/C19H16N6O/c1-21-15-11-24-19(25-12-15)17(26)9-13-4-2-5-14(8-13)10-23-16-6-3-7-22-18(16)20/h2-8,11-12,23H,9-10H2,(H2,20,22). The predicted octanol–water partition coefficient (Wildman–Crippen LogP) is 3.04. The van der Waals surface area contributed by atoms with E-state index < -0.39 is 0 Å². The molecule has 3 N–H and O–H groups in total. The minimum Gasteiger partial charge on any atom is -0.382 e. The minimum atomic E-state index is -0.192. The SMILES string of the molecule is [C-]#[N+]c1cnc(C(=O)Cc2cccc(CNc3cccnc3N)c2)nc1. The fraction of sp³-hybridized carbons (Fsp3) is 0.105. The third kappa shape index (κ3) is 4.19. The number of nitrogen functional groups attached to an aromatic ring is 1. The van der Waals surface area contributed by atoms with Crippen molar-refractivity contribution in [2.75, 3.05) is 11.1 Å². The molecule has 0 bridgehead atoms. The number of anilines is 2. The van der Waals surface area contributed by atoms with Crippen molar-refractivity contribution in [1.82, 2.24) is 15.0 Å². The van der Waals surface area contributed by atoms with Gasteiger partial charge in [0.2, 0.25) is 11.5 Å². The van der Waals surface area contributed by atoms with Crippen LogP contribution in [0.5, 0.6) is 0 Å². The molecule has 2 heterocycles. The number of nitrogens with two attached hydrogens (primary N) is 1. The molecule has 1 aromatic carbocycles. The Hall–Kier alpha value is -3.79. The van der Waals surface area contributed by atoms with Gasteiger partial charge in [-0.15, -0.1) is 0 Å². The van der Waals surface area contributed by atoms with Gasteiger partial charge < -0.3 is 11.1 Å². The molecule has 0 aliphatic heterocycles. The van der Waals surface area contributed by atoms with E-state index >= 15 is 0 Å². The summed E-state index contributed by atoms with van der Waals surface area (Å²) in [6.07, 6.45) is 4.54. The van der Waals surface area contributed by atoms with E-state index in [1.165, 1.54) is 12.4 Å². The number of nitrogens with one attached hydrogen (secondary N) is 1. The van der Waals surface area contributed by atoms with Crippen molar-refractivity contribution in [3.05, 3.63) is 83.4 Å². The average Bonchev–Trinajstić information content (AvgIpc) is 2.68. The molecule has 0 radical (unpaired) electrons. The first kappa shape index (κ1) is 17.0. The van der Waals surface area contributed by atoms with E-state index in [9.17, 15) is 4.79 Å². The van der Waals surface area contributed by atoms with Crippen LogP contribution in [0.1, 0.15) is 21.7 Å². The molecule has 0 saturated heterocycles. The highest BCUT2D eigenvalue weighted by atomic mass is 16.1. The monoisotopic (exact) mass is 344 g/mol. The van der Waals surface area contributed by atoms with Crippen LogP contribution in [-0.2, 0) is 13.0 Å². The van der Waals surface area contributed by atoms with Gasteiger partial charge >= 0.3 is 0 Å². The van der Waals surface area contributed by atoms with E-state index in [0.717, 1.165) is 16.8 Å². The lowest BCUT2D eigenvalue weighted by molar-refractivity contribution is 0.0983. The second-order valence-electron chi connectivity index (χ2n) is 5.59. The number of Topliss-reactive ketones (excluding diaryl/α,β-unsaturated/α-hetero) is 1. The van der Waals surface area contributed by atoms with Gasteiger partial charge in [0.25, 0.3) is 0 Å². The first-order valence-corrected chi connectivity index (χ1v) is 7.90. The van der Waals surface area contributed by atoms with E-state index in [1.807, 2.05) is 36.4 Å². The van der Waals surface area contributed by atoms with Gasteiger partial charge in [-0.05, 0) is 23.3 Å². The van der Waals surface area contributed by atoms with Crippen LogP contribution in [0.4, 0.5) is 17.2 Å². The van der Waals surface area contributed by atoms with E-state index in [-0.39, 0.29) is 18.0 Å². The maximum absolute atomic E-state index is 12.3. The summed E-state index contributed by atoms with van der Waals surface area (Å²) < 4.78 is 0. The first-order chi connectivity index (χ1) is 12.7. The highest BCUT2D eigenvalue weighted by molar-refractivity contribution is 5.94. The zero-order valence-electron chi connectivity index (χ0n) is 13.9. The second kappa shape index (κ2) is 7.85. The number of nitrogens with zero attached hydrogens (tertiary/aromatic N) is 4. The lowest BCUT2D eigenvalue weighted by Gasteiger charge is -2.09. The number of aromatic nitrogens is 3. The van der Waals surface area contributed by atoms with Gasteiger partial charge in [-0.1, -0.05) is 24.3 Å². The summed E-state index contributed by atoms with van der Waals surface area (Å²) in [6.45, 7) is 7.45. The van der Waals surface area contributed by atoms with Gasteiger partial charge in [0.15, 0.2) is 5.82 Å². The summed E-state index contributed by atoms with van der Waals surface area (Å²) in [6, 6.07) is 11.4. The fourth-order valence-electron chi connectivity index (χ4n) is 2.40. The van der Waals surface area contributed by atoms with Crippen LogP contribution in [0.3, 0.4) is 0 Å². The van der Waals surface area contributed by atoms with Crippen molar-refractivity contribution in [2.24, 2.45) is 0 Å². The van der Waals surface area contributed by atoms with Gasteiger partial charge in [0.1, 0.15) is 5.82 Å². The largest absolute Gasteiger partial charge is 0.382 e. The van der Waals surface area contributed by atoms with Crippen molar-refractivity contribution in [3.8, 4) is 0 Å². The van der Waals surface area contributed by atoms with Gasteiger partial charge in [0.05, 0.1) is 12.3 Å². The lowest BCUT2D eigenvalue weighted by atomic mass is 10.1. The molecule has 7 heteroatoms. The van der Waals surface area contributed by atoms with Crippen molar-refractivity contribution >= 4 is 23.0 Å². The quantitative estimate of drug-likeness (QED) is 0.527. The maximum Gasteiger partial charge on any atom is 0.222 e. The molecule has 0 amide bonds. The number of pyridine rings is 1. The maximum atomic E-state index is 12.3. The number of hydrogen-bond donors (Lipinski definition) is 2. The van der Waals surface area contributed by atoms with Crippen molar-refractivity contribution in [1.29, 1.82) is 0 Å². The van der Waals surface area contributed by atoms with Gasteiger partial charge in [-0.3, -0.25) is 4.79 Å². The molecule has 0 atom stereocenters. The Balaban J connectivity index is 1.66. The Morgan fingerprint density at radius 1 is 1.12 bits per heavy atom. The molecule has 26 heavy (non-hydrogen) atoms. The Bertz CT molecular complexity index is 962. The zero-order valence-corrected chi connectivity index (χ0v) is 13.9. The number of carbonyl (C=O) groups is 1. The van der Waals surface area contributed by atoms with Crippen LogP contribution in [0.2, 0.25) is 0 Å². The molecular weight excluding hydrogens is 328 g/mol. The van der Waals surface area contributed by atoms with Crippen LogP contribution in [0.25, 0.3) is 4.85 Å². The van der Waals surface area contributed by atoms with Crippen LogP contribution in [0, 0.1) is 6.57 Å². The second-order valence-corrected chi connectivity index (χ2v) is 5.59. The lowest BCUT2D eigenvalue weighted by Crippen LogP contribution is -2.09. The normalized spacial score (nSPS) is 10.1. The molecule has 2 aromatic heterocycles. The van der Waals surface area contributed by atoms with Crippen LogP contribution in [0.15, 0.2) is 55.0 Å². The molecule has 0 aliphatic rings. The van der Waals surface area contributed by atoms with E-state index in [4.69, 9.17) is 12.3 Å². The third-order valence-electron chi connectivity index (χ3n) is 3.69. The molecule has 7 nitrogen and oxygen atoms in total. The van der Waals surface area contributed by atoms with Crippen LogP contribution < -0.4 is 11.1 Å². The Morgan fingerprint density at radius 2 is 1.88 bits per heavy atom. The molecule has 128 valence electrons. The number of benzene rings is 1. The van der Waals surface area contributed by atoms with Crippen molar-refractivity contribution < 1.29 is 4.79 Å². The molecule has 0 saturated carbocycles. The molecule has 3 aromatic rings. The van der Waals surface area contributed by atoms with E-state index in [1.54, 1.807) is 6.20 Å². The number of ketones is 1. The van der Waals surface area contributed by atoms with Crippen LogP contribution >= 0.6 is 0 Å². The zero-order chi connectivity index (χ0) is 18.4. The number of carbonyl (C=O) groups excluding carboxylic acids is 1. The summed E-state index contributed by atoms with van der Waals surface area (Å²) in [4.78, 5) is 27.4. The van der Waals surface area contributed by atoms with E-state index in [0.29, 0.717) is 18.1 Å². The fourth-order valence-corrected chi connectivity index (χ4v) is 2.40. The Labute approximate surface area is 150 Å². The average molecular weight is 344 g/mol. The highest BCUT2D eigenvalue weighted by Crippen LogP contribution is 2.16. The summed E-state index contributed by atoms with van der Waals surface area (Å²) in [5, 5.41) is 3.23. The smallest absolute Gasteiger partial charge is 0.222 e. The summed E-state index contributed by atoms with van der Waals surface area (Å²) in [7, 11) is 0. The summed E-state index contributed by atoms with van der Waals surface area (Å²) in [5.41, 5.74) is 8.77. The van der Waals surface area contributed by atoms with Gasteiger partial charge in [0, 0.05) is 31.6 Å². The Kier molecular flexibility index (Phi) is 5.15. The molecule has 3 rings (SSSR count). The van der Waals surface area contributed by atoms with Crippen molar-refractivity contribution in [3.63, 3.8) is 0 Å². The molecular formula is C19H16N6O. The predicted molar refractivity (Wildman–Crippen MR) is 98.7 cm³/mol. The summed E-state index contributed by atoms with van der Waals surface area (Å²) >= 11 is 0. The van der Waals surface area contributed by atoms with Gasteiger partial charge in [-0.25, -0.2) is 19.8 Å². The van der Waals surface area contributed by atoms with Crippen molar-refractivity contribution in [2.45, 2.75) is 13.0 Å².